The van der Waals surface area contributed by atoms with Crippen molar-refractivity contribution in [1.82, 2.24) is 4.98 Å². The maximum atomic E-state index is 12.2. The van der Waals surface area contributed by atoms with Gasteiger partial charge in [-0.3, -0.25) is 9.59 Å². The van der Waals surface area contributed by atoms with Crippen molar-refractivity contribution in [3.05, 3.63) is 45.4 Å². The van der Waals surface area contributed by atoms with Crippen LogP contribution in [-0.2, 0) is 11.2 Å². The number of nitrogens with zero attached hydrogens (tertiary/aromatic N) is 1. The molecule has 0 bridgehead atoms. The highest BCUT2D eigenvalue weighted by Gasteiger charge is 2.14. The number of aliphatic carboxylic acids is 1. The van der Waals surface area contributed by atoms with E-state index in [-0.39, 0.29) is 5.91 Å². The van der Waals surface area contributed by atoms with Crippen LogP contribution in [0.15, 0.2) is 24.3 Å². The normalized spacial score (nSPS) is 12.0. The highest BCUT2D eigenvalue weighted by molar-refractivity contribution is 7.11. The number of hydrogen-bond acceptors (Lipinski definition) is 4. The van der Waals surface area contributed by atoms with E-state index in [1.165, 1.54) is 11.3 Å². The predicted octanol–water partition coefficient (Wildman–Crippen LogP) is 3.28. The van der Waals surface area contributed by atoms with Crippen LogP contribution < -0.4 is 5.32 Å². The highest BCUT2D eigenvalue weighted by Crippen LogP contribution is 2.19. The lowest BCUT2D eigenvalue weighted by molar-refractivity contribution is -0.141. The van der Waals surface area contributed by atoms with Gasteiger partial charge in [0.05, 0.1) is 10.9 Å². The smallest absolute Gasteiger partial charge is 0.306 e. The molecule has 1 atom stereocenters. The van der Waals surface area contributed by atoms with Crippen molar-refractivity contribution in [2.45, 2.75) is 27.2 Å². The van der Waals surface area contributed by atoms with Crippen LogP contribution in [-0.4, -0.2) is 22.0 Å². The Morgan fingerprint density at radius 3 is 2.41 bits per heavy atom. The minimum absolute atomic E-state index is 0.228. The average molecular weight is 318 g/mol. The van der Waals surface area contributed by atoms with Gasteiger partial charge < -0.3 is 10.4 Å². The lowest BCUT2D eigenvalue weighted by atomic mass is 10.0. The summed E-state index contributed by atoms with van der Waals surface area (Å²) in [5.74, 6) is -1.47. The van der Waals surface area contributed by atoms with Crippen molar-refractivity contribution in [1.29, 1.82) is 0 Å². The first-order valence-electron chi connectivity index (χ1n) is 6.94. The van der Waals surface area contributed by atoms with Crippen LogP contribution in [0.2, 0.25) is 0 Å². The maximum absolute atomic E-state index is 12.2. The summed E-state index contributed by atoms with van der Waals surface area (Å²) >= 11 is 1.49. The van der Waals surface area contributed by atoms with Crippen LogP contribution in [0.5, 0.6) is 0 Å². The molecule has 2 N–H and O–H groups in total. The number of rotatable bonds is 5. The van der Waals surface area contributed by atoms with Crippen LogP contribution in [0.1, 0.15) is 32.9 Å². The van der Waals surface area contributed by atoms with Gasteiger partial charge in [-0.25, -0.2) is 4.98 Å². The fourth-order valence-corrected chi connectivity index (χ4v) is 2.91. The van der Waals surface area contributed by atoms with Gasteiger partial charge in [0.25, 0.3) is 5.91 Å². The third kappa shape index (κ3) is 3.92. The molecule has 0 aliphatic rings. The zero-order chi connectivity index (χ0) is 16.3. The number of nitrogens with one attached hydrogen (secondary N) is 1. The Morgan fingerprint density at radius 1 is 1.27 bits per heavy atom. The molecule has 0 saturated carbocycles. The number of thiazole rings is 1. The molecule has 0 aliphatic carbocycles. The standard InChI is InChI=1S/C16H18N2O3S/c1-9(16(20)21)8-12-4-6-13(7-5-12)18-15(19)14-10(2)22-11(3)17-14/h4-7,9H,8H2,1-3H3,(H,18,19)(H,20,21). The van der Waals surface area contributed by atoms with Crippen molar-refractivity contribution in [3.63, 3.8) is 0 Å². The first-order valence-corrected chi connectivity index (χ1v) is 7.75. The third-order valence-electron chi connectivity index (χ3n) is 3.29. The molecule has 0 spiro atoms. The predicted molar refractivity (Wildman–Crippen MR) is 86.5 cm³/mol. The van der Waals surface area contributed by atoms with Crippen LogP contribution in [0, 0.1) is 19.8 Å². The number of carbonyl (C=O) groups is 2. The fraction of sp³-hybridized carbons (Fsp3) is 0.312. The Labute approximate surface area is 133 Å². The third-order valence-corrected chi connectivity index (χ3v) is 4.18. The second-order valence-corrected chi connectivity index (χ2v) is 6.64. The lowest BCUT2D eigenvalue weighted by Gasteiger charge is -2.08. The number of carboxylic acid groups (broad SMARTS) is 1. The van der Waals surface area contributed by atoms with E-state index in [1.807, 2.05) is 26.0 Å². The molecule has 2 rings (SSSR count). The van der Waals surface area contributed by atoms with Crippen molar-refractivity contribution in [2.75, 3.05) is 5.32 Å². The van der Waals surface area contributed by atoms with Crippen molar-refractivity contribution >= 4 is 28.9 Å². The van der Waals surface area contributed by atoms with E-state index in [0.717, 1.165) is 15.4 Å². The Kier molecular flexibility index (Phi) is 4.92. The van der Waals surface area contributed by atoms with E-state index in [2.05, 4.69) is 10.3 Å². The van der Waals surface area contributed by atoms with E-state index in [4.69, 9.17) is 5.11 Å². The van der Waals surface area contributed by atoms with E-state index in [0.29, 0.717) is 17.8 Å². The average Bonchev–Trinajstić information content (AvgIpc) is 2.79. The topological polar surface area (TPSA) is 79.3 Å². The quantitative estimate of drug-likeness (QED) is 0.886. The minimum atomic E-state index is -0.813. The molecule has 1 heterocycles. The number of hydrogen-bond donors (Lipinski definition) is 2. The summed E-state index contributed by atoms with van der Waals surface area (Å²) in [5, 5.41) is 12.6. The minimum Gasteiger partial charge on any atom is -0.481 e. The second-order valence-electron chi connectivity index (χ2n) is 5.23. The molecule has 2 aromatic rings. The van der Waals surface area contributed by atoms with E-state index in [9.17, 15) is 9.59 Å². The summed E-state index contributed by atoms with van der Waals surface area (Å²) in [5.41, 5.74) is 2.04. The SMILES string of the molecule is Cc1nc(C(=O)Nc2ccc(CC(C)C(=O)O)cc2)c(C)s1. The summed E-state index contributed by atoms with van der Waals surface area (Å²) in [6, 6.07) is 7.20. The van der Waals surface area contributed by atoms with Gasteiger partial charge in [-0.05, 0) is 38.0 Å². The van der Waals surface area contributed by atoms with Crippen LogP contribution >= 0.6 is 11.3 Å². The van der Waals surface area contributed by atoms with Gasteiger partial charge in [-0.2, -0.15) is 0 Å². The largest absolute Gasteiger partial charge is 0.481 e. The van der Waals surface area contributed by atoms with Crippen LogP contribution in [0.25, 0.3) is 0 Å². The van der Waals surface area contributed by atoms with Crippen molar-refractivity contribution in [3.8, 4) is 0 Å². The molecular weight excluding hydrogens is 300 g/mol. The molecular formula is C16H18N2O3S. The number of anilines is 1. The van der Waals surface area contributed by atoms with Gasteiger partial charge in [-0.1, -0.05) is 19.1 Å². The first kappa shape index (κ1) is 16.2. The molecule has 1 amide bonds. The Hall–Kier alpha value is -2.21. The van der Waals surface area contributed by atoms with Crippen molar-refractivity contribution in [2.24, 2.45) is 5.92 Å². The molecule has 6 heteroatoms. The number of carbonyl (C=O) groups excluding carboxylic acids is 1. The Morgan fingerprint density at radius 2 is 1.91 bits per heavy atom. The molecule has 5 nitrogen and oxygen atoms in total. The number of carboxylic acids is 1. The Bertz CT molecular complexity index is 692. The summed E-state index contributed by atoms with van der Waals surface area (Å²) in [4.78, 5) is 28.1. The van der Waals surface area contributed by atoms with Gasteiger partial charge in [-0.15, -0.1) is 11.3 Å². The summed E-state index contributed by atoms with van der Waals surface area (Å²) in [6.07, 6.45) is 0.466. The van der Waals surface area contributed by atoms with E-state index < -0.39 is 11.9 Å². The number of benzene rings is 1. The zero-order valence-corrected chi connectivity index (χ0v) is 13.5. The molecule has 0 aliphatic heterocycles. The van der Waals surface area contributed by atoms with E-state index >= 15 is 0 Å². The zero-order valence-electron chi connectivity index (χ0n) is 12.7. The lowest BCUT2D eigenvalue weighted by Crippen LogP contribution is -2.14. The molecule has 1 unspecified atom stereocenters. The molecule has 116 valence electrons. The summed E-state index contributed by atoms with van der Waals surface area (Å²) < 4.78 is 0. The molecule has 0 radical (unpaired) electrons. The van der Waals surface area contributed by atoms with Gasteiger partial charge >= 0.3 is 5.97 Å². The van der Waals surface area contributed by atoms with Crippen molar-refractivity contribution < 1.29 is 14.7 Å². The number of aromatic nitrogens is 1. The van der Waals surface area contributed by atoms with Gasteiger partial charge in [0, 0.05) is 10.6 Å². The van der Waals surface area contributed by atoms with E-state index in [1.54, 1.807) is 19.1 Å². The van der Waals surface area contributed by atoms with Gasteiger partial charge in [0.2, 0.25) is 0 Å². The Balaban J connectivity index is 2.03. The van der Waals surface area contributed by atoms with Crippen LogP contribution in [0.4, 0.5) is 5.69 Å². The summed E-state index contributed by atoms with van der Waals surface area (Å²) in [6.45, 7) is 5.41. The summed E-state index contributed by atoms with van der Waals surface area (Å²) in [7, 11) is 0. The number of amides is 1. The molecule has 22 heavy (non-hydrogen) atoms. The highest BCUT2D eigenvalue weighted by atomic mass is 32.1. The van der Waals surface area contributed by atoms with Gasteiger partial charge in [0.15, 0.2) is 0 Å². The molecule has 1 aromatic heterocycles. The maximum Gasteiger partial charge on any atom is 0.306 e. The monoisotopic (exact) mass is 318 g/mol. The fourth-order valence-electron chi connectivity index (χ4n) is 2.09. The van der Waals surface area contributed by atoms with Crippen LogP contribution in [0.3, 0.4) is 0 Å². The number of aryl methyl sites for hydroxylation is 2. The second kappa shape index (κ2) is 6.70. The molecule has 0 saturated heterocycles. The molecule has 1 aromatic carbocycles. The first-order chi connectivity index (χ1) is 10.4. The molecule has 0 fully saturated rings. The van der Waals surface area contributed by atoms with Gasteiger partial charge in [0.1, 0.15) is 5.69 Å².